The van der Waals surface area contributed by atoms with E-state index in [2.05, 4.69) is 18.7 Å². The molecular weight excluding hydrogens is 314 g/mol. The fourth-order valence-electron chi connectivity index (χ4n) is 3.00. The number of ether oxygens (including phenoxy) is 1. The number of esters is 1. The molecule has 25 heavy (non-hydrogen) atoms. The molecule has 0 spiro atoms. The van der Waals surface area contributed by atoms with E-state index in [1.807, 2.05) is 0 Å². The van der Waals surface area contributed by atoms with E-state index in [9.17, 15) is 9.90 Å². The summed E-state index contributed by atoms with van der Waals surface area (Å²) < 4.78 is 5.29. The molecule has 150 valence electrons. The Morgan fingerprint density at radius 2 is 1.32 bits per heavy atom. The van der Waals surface area contributed by atoms with Crippen LogP contribution < -0.4 is 0 Å². The van der Waals surface area contributed by atoms with Crippen molar-refractivity contribution in [3.8, 4) is 0 Å². The SMILES string of the molecule is CCCCCCCCN(CCO)CCCC(=O)OCCCCCCC. The van der Waals surface area contributed by atoms with Crippen molar-refractivity contribution in [2.75, 3.05) is 32.8 Å². The van der Waals surface area contributed by atoms with Gasteiger partial charge in [0.05, 0.1) is 13.2 Å². The van der Waals surface area contributed by atoms with Crippen LogP contribution in [0, 0.1) is 0 Å². The van der Waals surface area contributed by atoms with Crippen molar-refractivity contribution in [3.63, 3.8) is 0 Å². The van der Waals surface area contributed by atoms with E-state index in [0.717, 1.165) is 32.4 Å². The van der Waals surface area contributed by atoms with E-state index >= 15 is 0 Å². The maximum absolute atomic E-state index is 11.7. The van der Waals surface area contributed by atoms with Crippen LogP contribution >= 0.6 is 0 Å². The summed E-state index contributed by atoms with van der Waals surface area (Å²) in [6.45, 7) is 7.81. The molecule has 0 aliphatic rings. The average molecular weight is 358 g/mol. The fourth-order valence-corrected chi connectivity index (χ4v) is 3.00. The Morgan fingerprint density at radius 1 is 0.760 bits per heavy atom. The smallest absolute Gasteiger partial charge is 0.305 e. The monoisotopic (exact) mass is 357 g/mol. The van der Waals surface area contributed by atoms with Crippen LogP contribution in [0.3, 0.4) is 0 Å². The van der Waals surface area contributed by atoms with E-state index in [1.54, 1.807) is 0 Å². The molecule has 0 atom stereocenters. The molecule has 0 aliphatic carbocycles. The molecule has 0 fully saturated rings. The molecule has 0 rings (SSSR count). The molecule has 0 radical (unpaired) electrons. The molecule has 0 aromatic rings. The highest BCUT2D eigenvalue weighted by atomic mass is 16.5. The Kier molecular flexibility index (Phi) is 19.2. The van der Waals surface area contributed by atoms with Gasteiger partial charge in [-0.1, -0.05) is 71.6 Å². The molecule has 0 bridgehead atoms. The maximum Gasteiger partial charge on any atom is 0.305 e. The van der Waals surface area contributed by atoms with Gasteiger partial charge in [-0.05, 0) is 32.4 Å². The predicted molar refractivity (Wildman–Crippen MR) is 106 cm³/mol. The second-order valence-electron chi connectivity index (χ2n) is 7.07. The number of nitrogens with zero attached hydrogens (tertiary/aromatic N) is 1. The quantitative estimate of drug-likeness (QED) is 0.263. The molecule has 0 aromatic carbocycles. The van der Waals surface area contributed by atoms with Gasteiger partial charge >= 0.3 is 5.97 Å². The van der Waals surface area contributed by atoms with Crippen molar-refractivity contribution >= 4 is 5.97 Å². The molecule has 0 heterocycles. The summed E-state index contributed by atoms with van der Waals surface area (Å²) in [5, 5.41) is 9.19. The Hall–Kier alpha value is -0.610. The highest BCUT2D eigenvalue weighted by Crippen LogP contribution is 2.07. The molecule has 0 aromatic heterocycles. The summed E-state index contributed by atoms with van der Waals surface area (Å²) in [6.07, 6.45) is 14.9. The first kappa shape index (κ1) is 24.4. The van der Waals surface area contributed by atoms with Crippen LogP contribution in [0.25, 0.3) is 0 Å². The number of unbranched alkanes of at least 4 members (excludes halogenated alkanes) is 9. The second kappa shape index (κ2) is 19.7. The van der Waals surface area contributed by atoms with E-state index in [0.29, 0.717) is 19.6 Å². The van der Waals surface area contributed by atoms with Gasteiger partial charge < -0.3 is 14.7 Å². The summed E-state index contributed by atoms with van der Waals surface area (Å²) in [5.74, 6) is -0.0704. The topological polar surface area (TPSA) is 49.8 Å². The van der Waals surface area contributed by atoms with E-state index in [1.165, 1.54) is 57.8 Å². The largest absolute Gasteiger partial charge is 0.466 e. The van der Waals surface area contributed by atoms with Gasteiger partial charge in [0.25, 0.3) is 0 Å². The number of hydrogen-bond acceptors (Lipinski definition) is 4. The minimum absolute atomic E-state index is 0.0704. The molecule has 1 N–H and O–H groups in total. The van der Waals surface area contributed by atoms with E-state index in [4.69, 9.17) is 4.74 Å². The third kappa shape index (κ3) is 18.0. The Balaban J connectivity index is 3.61. The number of hydrogen-bond donors (Lipinski definition) is 1. The third-order valence-corrected chi connectivity index (χ3v) is 4.61. The van der Waals surface area contributed by atoms with Crippen molar-refractivity contribution in [3.05, 3.63) is 0 Å². The van der Waals surface area contributed by atoms with Crippen LogP contribution in [0.1, 0.15) is 97.3 Å². The van der Waals surface area contributed by atoms with Crippen LogP contribution in [0.5, 0.6) is 0 Å². The second-order valence-corrected chi connectivity index (χ2v) is 7.07. The Morgan fingerprint density at radius 3 is 1.96 bits per heavy atom. The summed E-state index contributed by atoms with van der Waals surface area (Å²) in [7, 11) is 0. The molecule has 0 saturated carbocycles. The van der Waals surface area contributed by atoms with Gasteiger partial charge in [-0.2, -0.15) is 0 Å². The van der Waals surface area contributed by atoms with Gasteiger partial charge in [0.1, 0.15) is 0 Å². The normalized spacial score (nSPS) is 11.2. The van der Waals surface area contributed by atoms with Gasteiger partial charge in [0, 0.05) is 13.0 Å². The van der Waals surface area contributed by atoms with Gasteiger partial charge in [-0.25, -0.2) is 0 Å². The third-order valence-electron chi connectivity index (χ3n) is 4.61. The lowest BCUT2D eigenvalue weighted by Crippen LogP contribution is -2.29. The lowest BCUT2D eigenvalue weighted by atomic mass is 10.1. The van der Waals surface area contributed by atoms with Gasteiger partial charge in [-0.15, -0.1) is 0 Å². The minimum Gasteiger partial charge on any atom is -0.466 e. The number of aliphatic hydroxyl groups is 1. The highest BCUT2D eigenvalue weighted by Gasteiger charge is 2.07. The van der Waals surface area contributed by atoms with Crippen molar-refractivity contribution < 1.29 is 14.6 Å². The van der Waals surface area contributed by atoms with Crippen LogP contribution in [0.2, 0.25) is 0 Å². The van der Waals surface area contributed by atoms with Crippen molar-refractivity contribution in [1.29, 1.82) is 0 Å². The summed E-state index contributed by atoms with van der Waals surface area (Å²) in [4.78, 5) is 14.0. The fraction of sp³-hybridized carbons (Fsp3) is 0.952. The lowest BCUT2D eigenvalue weighted by molar-refractivity contribution is -0.143. The van der Waals surface area contributed by atoms with Crippen LogP contribution in [-0.4, -0.2) is 48.8 Å². The Labute approximate surface area is 156 Å². The number of rotatable bonds is 19. The van der Waals surface area contributed by atoms with Crippen LogP contribution in [0.15, 0.2) is 0 Å². The highest BCUT2D eigenvalue weighted by molar-refractivity contribution is 5.69. The first-order valence-electron chi connectivity index (χ1n) is 10.7. The first-order chi connectivity index (χ1) is 12.2. The summed E-state index contributed by atoms with van der Waals surface area (Å²) in [6, 6.07) is 0. The van der Waals surface area contributed by atoms with Crippen LogP contribution in [0.4, 0.5) is 0 Å². The molecule has 4 nitrogen and oxygen atoms in total. The van der Waals surface area contributed by atoms with Crippen LogP contribution in [-0.2, 0) is 9.53 Å². The molecular formula is C21H43NO3. The molecule has 4 heteroatoms. The average Bonchev–Trinajstić information content (AvgIpc) is 2.61. The molecule has 0 amide bonds. The first-order valence-corrected chi connectivity index (χ1v) is 10.7. The zero-order valence-electron chi connectivity index (χ0n) is 16.9. The summed E-state index contributed by atoms with van der Waals surface area (Å²) >= 11 is 0. The molecule has 0 unspecified atom stereocenters. The van der Waals surface area contributed by atoms with E-state index in [-0.39, 0.29) is 12.6 Å². The van der Waals surface area contributed by atoms with Crippen molar-refractivity contribution in [1.82, 2.24) is 4.90 Å². The van der Waals surface area contributed by atoms with Gasteiger partial charge in [0.15, 0.2) is 0 Å². The standard InChI is InChI=1S/C21H43NO3/c1-3-5-7-9-10-12-16-22(18-19-23)17-14-15-21(24)25-20-13-11-8-6-4-2/h23H,3-20H2,1-2H3. The van der Waals surface area contributed by atoms with Gasteiger partial charge in [-0.3, -0.25) is 4.79 Å². The lowest BCUT2D eigenvalue weighted by Gasteiger charge is -2.21. The molecule has 0 saturated heterocycles. The predicted octanol–water partition coefficient (Wildman–Crippen LogP) is 4.94. The minimum atomic E-state index is -0.0704. The zero-order chi connectivity index (χ0) is 18.6. The zero-order valence-corrected chi connectivity index (χ0v) is 16.9. The number of carbonyl (C=O) groups is 1. The maximum atomic E-state index is 11.7. The van der Waals surface area contributed by atoms with Crippen molar-refractivity contribution in [2.24, 2.45) is 0 Å². The van der Waals surface area contributed by atoms with E-state index < -0.39 is 0 Å². The Bertz CT molecular complexity index is 284. The van der Waals surface area contributed by atoms with Gasteiger partial charge in [0.2, 0.25) is 0 Å². The summed E-state index contributed by atoms with van der Waals surface area (Å²) in [5.41, 5.74) is 0. The molecule has 0 aliphatic heterocycles. The number of aliphatic hydroxyl groups excluding tert-OH is 1. The number of carbonyl (C=O) groups excluding carboxylic acids is 1. The van der Waals surface area contributed by atoms with Crippen molar-refractivity contribution in [2.45, 2.75) is 97.3 Å².